The number of nitrogens with zero attached hydrogens (tertiary/aromatic N) is 6. The Balaban J connectivity index is 0.000000185. The van der Waals surface area contributed by atoms with Crippen molar-refractivity contribution in [3.05, 3.63) is 145 Å². The molecular weight excluding hydrogens is 636 g/mol. The van der Waals surface area contributed by atoms with Crippen molar-refractivity contribution in [2.45, 2.75) is 6.92 Å². The van der Waals surface area contributed by atoms with Crippen LogP contribution in [-0.4, -0.2) is 42.2 Å². The van der Waals surface area contributed by atoms with E-state index in [1.807, 2.05) is 91.9 Å². The molecule has 6 aromatic heterocycles. The Morgan fingerprint density at radius 3 is 1.36 bits per heavy atom. The molecule has 0 aliphatic rings. The van der Waals surface area contributed by atoms with E-state index < -0.39 is 0 Å². The minimum atomic E-state index is -0.262. The topological polar surface area (TPSA) is 120 Å². The summed E-state index contributed by atoms with van der Waals surface area (Å²) in [5.74, 6) is 4.77. The Morgan fingerprint density at radius 2 is 0.977 bits per heavy atom. The number of ketones is 1. The molecule has 0 aliphatic carbocycles. The fourth-order valence-corrected chi connectivity index (χ4v) is 3.65. The predicted molar refractivity (Wildman–Crippen MR) is 168 cm³/mol. The SMILES string of the molecule is Cc1ccnc(-c2cc(C(=O)C#CCN)ccn2)c1.[Ru].c1ccc(-c2ccccn2)nc1.c1ccc(-c2ccccn2)nc1. The molecule has 0 fully saturated rings. The summed E-state index contributed by atoms with van der Waals surface area (Å²) in [5, 5.41) is 0. The third kappa shape index (κ3) is 10.5. The molecule has 0 saturated heterocycles. The predicted octanol–water partition coefficient (Wildman–Crippen LogP) is 5.88. The Bertz CT molecular complexity index is 1630. The van der Waals surface area contributed by atoms with Crippen LogP contribution >= 0.6 is 0 Å². The standard InChI is InChI=1S/C15H13N3O.2C10H8N2.Ru/c1-11-4-7-17-13(9-11)14-10-12(5-8-18-14)15(19)3-2-6-16;2*1-3-7-11-9(5-1)10-6-2-4-8-12-10;/h4-5,7-10H,6,16H2,1H3;2*1-8H;. The molecule has 0 amide bonds. The number of pyridine rings is 6. The van der Waals surface area contributed by atoms with Crippen LogP contribution in [0.2, 0.25) is 0 Å². The van der Waals surface area contributed by atoms with E-state index in [-0.39, 0.29) is 31.8 Å². The molecule has 0 radical (unpaired) electrons. The Labute approximate surface area is 269 Å². The number of aromatic nitrogens is 6. The van der Waals surface area contributed by atoms with Gasteiger partial charge in [0.25, 0.3) is 0 Å². The molecule has 0 spiro atoms. The first kappa shape index (κ1) is 33.2. The van der Waals surface area contributed by atoms with Gasteiger partial charge in [-0.15, -0.1) is 0 Å². The third-order valence-electron chi connectivity index (χ3n) is 5.69. The fraction of sp³-hybridized carbons (Fsp3) is 0.0571. The van der Waals surface area contributed by atoms with Gasteiger partial charge in [0.15, 0.2) is 0 Å². The molecular formula is C35H29N7ORu. The van der Waals surface area contributed by atoms with Gasteiger partial charge in [0, 0.05) is 62.2 Å². The zero-order valence-corrected chi connectivity index (χ0v) is 25.7. The van der Waals surface area contributed by atoms with E-state index >= 15 is 0 Å². The van der Waals surface area contributed by atoms with Gasteiger partial charge in [-0.25, -0.2) is 0 Å². The van der Waals surface area contributed by atoms with Crippen LogP contribution in [0, 0.1) is 18.8 Å². The van der Waals surface area contributed by atoms with Gasteiger partial charge >= 0.3 is 0 Å². The quantitative estimate of drug-likeness (QED) is 0.107. The van der Waals surface area contributed by atoms with Gasteiger partial charge in [0.05, 0.1) is 40.7 Å². The van der Waals surface area contributed by atoms with Crippen LogP contribution in [-0.2, 0) is 19.5 Å². The van der Waals surface area contributed by atoms with Crippen LogP contribution < -0.4 is 5.73 Å². The first-order valence-electron chi connectivity index (χ1n) is 13.4. The zero-order valence-electron chi connectivity index (χ0n) is 23.9. The number of carbonyl (C=O) groups is 1. The summed E-state index contributed by atoms with van der Waals surface area (Å²) in [6.07, 6.45) is 10.4. The summed E-state index contributed by atoms with van der Waals surface area (Å²) < 4.78 is 0. The van der Waals surface area contributed by atoms with E-state index in [4.69, 9.17) is 5.73 Å². The molecule has 2 N–H and O–H groups in total. The largest absolute Gasteiger partial charge is 0.320 e. The molecule has 0 bridgehead atoms. The van der Waals surface area contributed by atoms with Gasteiger partial charge in [0.1, 0.15) is 0 Å². The van der Waals surface area contributed by atoms with Gasteiger partial charge in [-0.1, -0.05) is 30.2 Å². The van der Waals surface area contributed by atoms with Crippen molar-refractivity contribution in [2.75, 3.05) is 6.54 Å². The maximum atomic E-state index is 11.8. The van der Waals surface area contributed by atoms with Crippen molar-refractivity contribution in [3.63, 3.8) is 0 Å². The van der Waals surface area contributed by atoms with Crippen LogP contribution in [0.15, 0.2) is 134 Å². The number of rotatable bonds is 4. The van der Waals surface area contributed by atoms with E-state index in [2.05, 4.69) is 41.7 Å². The molecule has 6 heterocycles. The van der Waals surface area contributed by atoms with E-state index in [9.17, 15) is 4.79 Å². The van der Waals surface area contributed by atoms with Gasteiger partial charge in [-0.2, -0.15) is 0 Å². The van der Waals surface area contributed by atoms with Gasteiger partial charge < -0.3 is 5.73 Å². The zero-order chi connectivity index (χ0) is 30.1. The smallest absolute Gasteiger partial charge is 0.236 e. The monoisotopic (exact) mass is 665 g/mol. The second-order valence-corrected chi connectivity index (χ2v) is 8.84. The molecule has 0 aromatic carbocycles. The van der Waals surface area contributed by atoms with E-state index in [0.29, 0.717) is 11.3 Å². The number of Topliss-reactive ketones (excluding diaryl/α,β-unsaturated/α-hetero) is 1. The summed E-state index contributed by atoms with van der Waals surface area (Å²) in [5.41, 5.74) is 11.9. The molecule has 0 saturated carbocycles. The number of nitrogens with two attached hydrogens (primary N) is 1. The first-order valence-corrected chi connectivity index (χ1v) is 13.4. The summed E-state index contributed by atoms with van der Waals surface area (Å²) in [6, 6.07) is 30.3. The maximum Gasteiger partial charge on any atom is 0.236 e. The minimum Gasteiger partial charge on any atom is -0.320 e. The van der Waals surface area contributed by atoms with E-state index in [1.165, 1.54) is 0 Å². The van der Waals surface area contributed by atoms with Gasteiger partial charge in [0.2, 0.25) is 5.78 Å². The van der Waals surface area contributed by atoms with Crippen molar-refractivity contribution in [3.8, 4) is 46.0 Å². The Hall–Kier alpha value is -5.29. The van der Waals surface area contributed by atoms with Crippen molar-refractivity contribution in [1.29, 1.82) is 0 Å². The summed E-state index contributed by atoms with van der Waals surface area (Å²) >= 11 is 0. The van der Waals surface area contributed by atoms with Crippen molar-refractivity contribution in [2.24, 2.45) is 5.73 Å². The van der Waals surface area contributed by atoms with Gasteiger partial charge in [-0.3, -0.25) is 34.7 Å². The van der Waals surface area contributed by atoms with Crippen LogP contribution in [0.5, 0.6) is 0 Å². The third-order valence-corrected chi connectivity index (χ3v) is 5.69. The molecule has 0 atom stereocenters. The molecule has 0 unspecified atom stereocenters. The Morgan fingerprint density at radius 1 is 0.568 bits per heavy atom. The Kier molecular flexibility index (Phi) is 13.8. The minimum absolute atomic E-state index is 0. The maximum absolute atomic E-state index is 11.8. The fourth-order valence-electron chi connectivity index (χ4n) is 3.65. The summed E-state index contributed by atoms with van der Waals surface area (Å²) in [6.45, 7) is 2.15. The molecule has 218 valence electrons. The van der Waals surface area contributed by atoms with E-state index in [1.54, 1.807) is 49.3 Å². The number of hydrogen-bond acceptors (Lipinski definition) is 8. The molecule has 6 rings (SSSR count). The molecule has 8 nitrogen and oxygen atoms in total. The molecule has 9 heteroatoms. The first-order chi connectivity index (χ1) is 21.1. The molecule has 0 aliphatic heterocycles. The van der Waals surface area contributed by atoms with Crippen LogP contribution in [0.25, 0.3) is 34.2 Å². The van der Waals surface area contributed by atoms with Crippen LogP contribution in [0.1, 0.15) is 15.9 Å². The van der Waals surface area contributed by atoms with Crippen LogP contribution in [0.3, 0.4) is 0 Å². The summed E-state index contributed by atoms with van der Waals surface area (Å²) in [7, 11) is 0. The van der Waals surface area contributed by atoms with E-state index in [0.717, 1.165) is 34.0 Å². The average Bonchev–Trinajstić information content (AvgIpc) is 3.09. The van der Waals surface area contributed by atoms with Crippen molar-refractivity contribution >= 4 is 5.78 Å². The second-order valence-electron chi connectivity index (χ2n) is 8.84. The van der Waals surface area contributed by atoms with Gasteiger partial charge in [-0.05, 0) is 91.2 Å². The summed E-state index contributed by atoms with van der Waals surface area (Å²) in [4.78, 5) is 37.0. The number of carbonyl (C=O) groups excluding carboxylic acids is 1. The molecule has 6 aromatic rings. The van der Waals surface area contributed by atoms with Crippen LogP contribution in [0.4, 0.5) is 0 Å². The number of aryl methyl sites for hydroxylation is 1. The average molecular weight is 665 g/mol. The van der Waals surface area contributed by atoms with Crippen molar-refractivity contribution < 1.29 is 24.3 Å². The van der Waals surface area contributed by atoms with Crippen molar-refractivity contribution in [1.82, 2.24) is 29.9 Å². The molecule has 44 heavy (non-hydrogen) atoms. The number of hydrogen-bond donors (Lipinski definition) is 1. The normalized spacial score (nSPS) is 9.41. The second kappa shape index (κ2) is 18.3.